The van der Waals surface area contributed by atoms with Crippen molar-refractivity contribution in [1.29, 1.82) is 0 Å². The van der Waals surface area contributed by atoms with Gasteiger partial charge in [-0.05, 0) is 17.7 Å². The SMILES string of the molecule is CN1C(=O)NCC1c1ccc(S(C)(=O)=O)cc1. The fraction of sp³-hybridized carbons (Fsp3) is 0.364. The first kappa shape index (κ1) is 11.9. The number of likely N-dealkylation sites (N-methyl/N-ethyl adjacent to an activating group) is 1. The van der Waals surface area contributed by atoms with Crippen LogP contribution >= 0.6 is 0 Å². The summed E-state index contributed by atoms with van der Waals surface area (Å²) in [4.78, 5) is 13.2. The number of urea groups is 1. The third kappa shape index (κ3) is 2.26. The highest BCUT2D eigenvalue weighted by atomic mass is 32.2. The van der Waals surface area contributed by atoms with Crippen molar-refractivity contribution in [3.8, 4) is 0 Å². The van der Waals surface area contributed by atoms with Gasteiger partial charge in [-0.3, -0.25) is 0 Å². The van der Waals surface area contributed by atoms with Gasteiger partial charge in [0.05, 0.1) is 10.9 Å². The molecule has 92 valence electrons. The molecule has 0 radical (unpaired) electrons. The minimum Gasteiger partial charge on any atom is -0.336 e. The van der Waals surface area contributed by atoms with Gasteiger partial charge in [-0.2, -0.15) is 0 Å². The molecule has 1 saturated heterocycles. The van der Waals surface area contributed by atoms with Crippen molar-refractivity contribution in [2.24, 2.45) is 0 Å². The smallest absolute Gasteiger partial charge is 0.317 e. The van der Waals surface area contributed by atoms with Crippen LogP contribution in [0.4, 0.5) is 4.79 Å². The van der Waals surface area contributed by atoms with E-state index in [1.54, 1.807) is 36.2 Å². The van der Waals surface area contributed by atoms with Crippen molar-refractivity contribution in [3.63, 3.8) is 0 Å². The largest absolute Gasteiger partial charge is 0.336 e. The van der Waals surface area contributed by atoms with Gasteiger partial charge in [0.15, 0.2) is 9.84 Å². The second-order valence-corrected chi connectivity index (χ2v) is 6.17. The molecule has 1 N–H and O–H groups in total. The van der Waals surface area contributed by atoms with Gasteiger partial charge < -0.3 is 10.2 Å². The molecule has 0 saturated carbocycles. The Balaban J connectivity index is 2.28. The molecule has 1 heterocycles. The Labute approximate surface area is 100 Å². The number of nitrogens with zero attached hydrogens (tertiary/aromatic N) is 1. The zero-order chi connectivity index (χ0) is 12.6. The van der Waals surface area contributed by atoms with Crippen molar-refractivity contribution in [2.45, 2.75) is 10.9 Å². The number of carbonyl (C=O) groups excluding carboxylic acids is 1. The van der Waals surface area contributed by atoms with Gasteiger partial charge >= 0.3 is 6.03 Å². The Morgan fingerprint density at radius 3 is 2.29 bits per heavy atom. The van der Waals surface area contributed by atoms with Gasteiger partial charge in [-0.15, -0.1) is 0 Å². The number of sulfone groups is 1. The second-order valence-electron chi connectivity index (χ2n) is 4.15. The molecule has 1 fully saturated rings. The standard InChI is InChI=1S/C11H14N2O3S/c1-13-10(7-12-11(13)14)8-3-5-9(6-4-8)17(2,15)16/h3-6,10H,7H2,1-2H3,(H,12,14). The average molecular weight is 254 g/mol. The summed E-state index contributed by atoms with van der Waals surface area (Å²) in [6, 6.07) is 6.50. The molecule has 5 nitrogen and oxygen atoms in total. The molecule has 2 amide bonds. The van der Waals surface area contributed by atoms with Crippen LogP contribution in [0.5, 0.6) is 0 Å². The van der Waals surface area contributed by atoms with Gasteiger partial charge in [0.25, 0.3) is 0 Å². The lowest BCUT2D eigenvalue weighted by Crippen LogP contribution is -2.25. The van der Waals surface area contributed by atoms with Crippen LogP contribution in [0.3, 0.4) is 0 Å². The molecule has 1 aromatic rings. The Morgan fingerprint density at radius 2 is 1.88 bits per heavy atom. The highest BCUT2D eigenvalue weighted by molar-refractivity contribution is 7.90. The van der Waals surface area contributed by atoms with E-state index < -0.39 is 9.84 Å². The van der Waals surface area contributed by atoms with Crippen LogP contribution in [0.25, 0.3) is 0 Å². The number of nitrogens with one attached hydrogen (secondary N) is 1. The molecule has 1 aromatic carbocycles. The van der Waals surface area contributed by atoms with E-state index in [0.717, 1.165) is 5.56 Å². The number of hydrogen-bond acceptors (Lipinski definition) is 3. The number of amides is 2. The molecule has 2 rings (SSSR count). The minimum atomic E-state index is -3.16. The highest BCUT2D eigenvalue weighted by Crippen LogP contribution is 2.23. The van der Waals surface area contributed by atoms with E-state index in [1.165, 1.54) is 6.26 Å². The summed E-state index contributed by atoms with van der Waals surface area (Å²) in [6.45, 7) is 0.549. The van der Waals surface area contributed by atoms with Crippen LogP contribution in [0.2, 0.25) is 0 Å². The maximum atomic E-state index is 11.3. The number of benzene rings is 1. The molecule has 1 atom stereocenters. The summed E-state index contributed by atoms with van der Waals surface area (Å²) in [7, 11) is -1.44. The van der Waals surface area contributed by atoms with Crippen molar-refractivity contribution in [2.75, 3.05) is 19.8 Å². The van der Waals surface area contributed by atoms with E-state index in [0.29, 0.717) is 11.4 Å². The molecular weight excluding hydrogens is 240 g/mol. The quantitative estimate of drug-likeness (QED) is 0.848. The first-order valence-corrected chi connectivity index (χ1v) is 7.09. The number of hydrogen-bond donors (Lipinski definition) is 1. The molecule has 1 aliphatic heterocycles. The first-order chi connectivity index (χ1) is 7.89. The molecule has 0 aliphatic carbocycles. The van der Waals surface area contributed by atoms with Crippen molar-refractivity contribution < 1.29 is 13.2 Å². The predicted molar refractivity (Wildman–Crippen MR) is 63.5 cm³/mol. The summed E-state index contributed by atoms with van der Waals surface area (Å²) >= 11 is 0. The van der Waals surface area contributed by atoms with Crippen molar-refractivity contribution in [1.82, 2.24) is 10.2 Å². The Morgan fingerprint density at radius 1 is 1.29 bits per heavy atom. The fourth-order valence-electron chi connectivity index (χ4n) is 1.87. The lowest BCUT2D eigenvalue weighted by atomic mass is 10.1. The lowest BCUT2D eigenvalue weighted by molar-refractivity contribution is 0.217. The topological polar surface area (TPSA) is 66.5 Å². The Hall–Kier alpha value is -1.56. The Kier molecular flexibility index (Phi) is 2.82. The second kappa shape index (κ2) is 4.03. The van der Waals surface area contributed by atoms with Crippen LogP contribution < -0.4 is 5.32 Å². The summed E-state index contributed by atoms with van der Waals surface area (Å²) in [6.07, 6.45) is 1.18. The predicted octanol–water partition coefficient (Wildman–Crippen LogP) is 0.786. The molecule has 6 heteroatoms. The molecule has 0 aromatic heterocycles. The molecule has 0 spiro atoms. The number of rotatable bonds is 2. The highest BCUT2D eigenvalue weighted by Gasteiger charge is 2.28. The number of carbonyl (C=O) groups is 1. The summed E-state index contributed by atoms with van der Waals surface area (Å²) < 4.78 is 22.6. The monoisotopic (exact) mass is 254 g/mol. The van der Waals surface area contributed by atoms with Crippen LogP contribution in [-0.2, 0) is 9.84 Å². The maximum Gasteiger partial charge on any atom is 0.317 e. The van der Waals surface area contributed by atoms with Crippen molar-refractivity contribution >= 4 is 15.9 Å². The normalized spacial score (nSPS) is 20.5. The van der Waals surface area contributed by atoms with E-state index in [1.807, 2.05) is 0 Å². The van der Waals surface area contributed by atoms with Crippen LogP contribution in [0, 0.1) is 0 Å². The fourth-order valence-corrected chi connectivity index (χ4v) is 2.50. The van der Waals surface area contributed by atoms with Gasteiger partial charge in [-0.1, -0.05) is 12.1 Å². The summed E-state index contributed by atoms with van der Waals surface area (Å²) in [5.41, 5.74) is 0.929. The first-order valence-electron chi connectivity index (χ1n) is 5.20. The molecular formula is C11H14N2O3S. The minimum absolute atomic E-state index is 0.0314. The van der Waals surface area contributed by atoms with Gasteiger partial charge in [0, 0.05) is 19.8 Å². The lowest BCUT2D eigenvalue weighted by Gasteiger charge is -2.18. The summed E-state index contributed by atoms with van der Waals surface area (Å²) in [5, 5.41) is 2.73. The molecule has 17 heavy (non-hydrogen) atoms. The molecule has 1 aliphatic rings. The molecule has 1 unspecified atom stereocenters. The molecule has 0 bridgehead atoms. The third-order valence-corrected chi connectivity index (χ3v) is 4.06. The van der Waals surface area contributed by atoms with Crippen molar-refractivity contribution in [3.05, 3.63) is 29.8 Å². The van der Waals surface area contributed by atoms with Gasteiger partial charge in [0.1, 0.15) is 0 Å². The van der Waals surface area contributed by atoms with E-state index >= 15 is 0 Å². The Bertz CT molecular complexity index is 536. The van der Waals surface area contributed by atoms with E-state index in [-0.39, 0.29) is 12.1 Å². The zero-order valence-electron chi connectivity index (χ0n) is 9.67. The van der Waals surface area contributed by atoms with E-state index in [9.17, 15) is 13.2 Å². The van der Waals surface area contributed by atoms with Crippen LogP contribution in [-0.4, -0.2) is 39.2 Å². The third-order valence-electron chi connectivity index (χ3n) is 2.93. The summed E-state index contributed by atoms with van der Waals surface area (Å²) in [5.74, 6) is 0. The average Bonchev–Trinajstić information content (AvgIpc) is 2.59. The van der Waals surface area contributed by atoms with E-state index in [4.69, 9.17) is 0 Å². The maximum absolute atomic E-state index is 11.3. The van der Waals surface area contributed by atoms with Crippen LogP contribution in [0.1, 0.15) is 11.6 Å². The van der Waals surface area contributed by atoms with Gasteiger partial charge in [-0.25, -0.2) is 13.2 Å². The van der Waals surface area contributed by atoms with Crippen LogP contribution in [0.15, 0.2) is 29.2 Å². The van der Waals surface area contributed by atoms with E-state index in [2.05, 4.69) is 5.32 Å². The van der Waals surface area contributed by atoms with Gasteiger partial charge in [0.2, 0.25) is 0 Å². The zero-order valence-corrected chi connectivity index (χ0v) is 10.5.